The Morgan fingerprint density at radius 1 is 0.961 bits per heavy atom. The van der Waals surface area contributed by atoms with Gasteiger partial charge in [-0.25, -0.2) is 22.9 Å². The molecule has 2 aromatic heterocycles. The Kier molecular flexibility index (Phi) is 12.0. The number of urea groups is 1. The molecule has 3 aromatic carbocycles. The van der Waals surface area contributed by atoms with Gasteiger partial charge in [-0.05, 0) is 73.6 Å². The standard InChI is InChI=1S/C36H38F2N6O6S/c1-5-40-35(47)41-23-11-9-22(10-12-23)32-27(19-42(3)17-18-49-4)31-33(46)44(24-13-15-25(16-14-24)50-21-30(45)39-2)36(48)43(34(31)51-32)20-26-28(37)7-6-8-29(26)38/h6-16H,5,17-21H2,1-4H3,(H,39,45)(H2,40,41,47). The van der Waals surface area contributed by atoms with Crippen molar-refractivity contribution in [2.75, 3.05) is 52.8 Å². The van der Waals surface area contributed by atoms with Crippen molar-refractivity contribution in [2.45, 2.75) is 20.0 Å². The van der Waals surface area contributed by atoms with Crippen LogP contribution in [0.25, 0.3) is 26.3 Å². The monoisotopic (exact) mass is 720 g/mol. The number of hydrogen-bond acceptors (Lipinski definition) is 8. The summed E-state index contributed by atoms with van der Waals surface area (Å²) in [5.41, 5.74) is 0.279. The summed E-state index contributed by atoms with van der Waals surface area (Å²) in [7, 11) is 4.94. The number of amides is 3. The molecular weight excluding hydrogens is 682 g/mol. The number of halogens is 2. The number of aromatic nitrogens is 2. The van der Waals surface area contributed by atoms with Gasteiger partial charge >= 0.3 is 11.7 Å². The van der Waals surface area contributed by atoms with Gasteiger partial charge in [0.1, 0.15) is 22.2 Å². The fourth-order valence-electron chi connectivity index (χ4n) is 5.41. The molecule has 0 unspecified atom stereocenters. The van der Waals surface area contributed by atoms with Gasteiger partial charge in [0, 0.05) is 49.9 Å². The van der Waals surface area contributed by atoms with Gasteiger partial charge in [0.2, 0.25) is 0 Å². The van der Waals surface area contributed by atoms with E-state index in [9.17, 15) is 19.2 Å². The molecule has 12 nitrogen and oxygen atoms in total. The maximum atomic E-state index is 15.1. The number of nitrogens with one attached hydrogen (secondary N) is 3. The van der Waals surface area contributed by atoms with Crippen molar-refractivity contribution < 1.29 is 27.8 Å². The van der Waals surface area contributed by atoms with E-state index in [0.29, 0.717) is 47.1 Å². The molecule has 15 heteroatoms. The van der Waals surface area contributed by atoms with E-state index in [-0.39, 0.29) is 46.6 Å². The third kappa shape index (κ3) is 8.33. The van der Waals surface area contributed by atoms with Crippen molar-refractivity contribution in [3.8, 4) is 21.9 Å². The molecule has 51 heavy (non-hydrogen) atoms. The first-order chi connectivity index (χ1) is 24.6. The van der Waals surface area contributed by atoms with E-state index in [1.54, 1.807) is 31.4 Å². The predicted molar refractivity (Wildman–Crippen MR) is 193 cm³/mol. The Labute approximate surface area is 296 Å². The van der Waals surface area contributed by atoms with E-state index in [1.165, 1.54) is 41.9 Å². The van der Waals surface area contributed by atoms with Crippen LogP contribution in [0.2, 0.25) is 0 Å². The van der Waals surface area contributed by atoms with E-state index in [4.69, 9.17) is 9.47 Å². The highest BCUT2D eigenvalue weighted by Gasteiger charge is 2.26. The number of hydrogen-bond donors (Lipinski definition) is 3. The smallest absolute Gasteiger partial charge is 0.337 e. The Morgan fingerprint density at radius 2 is 1.65 bits per heavy atom. The number of ether oxygens (including phenoxy) is 2. The first kappa shape index (κ1) is 36.9. The fraction of sp³-hybridized carbons (Fsp3) is 0.278. The second kappa shape index (κ2) is 16.6. The van der Waals surface area contributed by atoms with E-state index in [2.05, 4.69) is 16.0 Å². The van der Waals surface area contributed by atoms with Gasteiger partial charge in [-0.15, -0.1) is 11.3 Å². The number of thiophene rings is 1. The maximum absolute atomic E-state index is 15.1. The van der Waals surface area contributed by atoms with Crippen LogP contribution in [-0.2, 0) is 22.6 Å². The molecule has 5 rings (SSSR count). The highest BCUT2D eigenvalue weighted by molar-refractivity contribution is 7.22. The van der Waals surface area contributed by atoms with Crippen LogP contribution in [0.15, 0.2) is 76.3 Å². The molecule has 0 bridgehead atoms. The fourth-order valence-corrected chi connectivity index (χ4v) is 6.71. The van der Waals surface area contributed by atoms with Gasteiger partial charge in [0.15, 0.2) is 6.61 Å². The molecule has 3 amide bonds. The van der Waals surface area contributed by atoms with Crippen LogP contribution < -0.4 is 31.9 Å². The zero-order valence-corrected chi connectivity index (χ0v) is 29.4. The third-order valence-corrected chi connectivity index (χ3v) is 9.35. The first-order valence-corrected chi connectivity index (χ1v) is 16.9. The van der Waals surface area contributed by atoms with Crippen LogP contribution in [0, 0.1) is 11.6 Å². The number of carbonyl (C=O) groups is 2. The zero-order chi connectivity index (χ0) is 36.7. The molecule has 5 aromatic rings. The predicted octanol–water partition coefficient (Wildman–Crippen LogP) is 4.55. The average molecular weight is 721 g/mol. The van der Waals surface area contributed by atoms with Crippen LogP contribution in [0.5, 0.6) is 5.75 Å². The number of fused-ring (bicyclic) bond motifs is 1. The van der Waals surface area contributed by atoms with Crippen molar-refractivity contribution in [1.82, 2.24) is 24.7 Å². The van der Waals surface area contributed by atoms with Crippen molar-refractivity contribution >= 4 is 39.2 Å². The van der Waals surface area contributed by atoms with Crippen LogP contribution in [0.4, 0.5) is 19.3 Å². The van der Waals surface area contributed by atoms with E-state index >= 15 is 8.78 Å². The number of benzene rings is 3. The molecule has 0 spiro atoms. The van der Waals surface area contributed by atoms with E-state index in [1.807, 2.05) is 18.9 Å². The van der Waals surface area contributed by atoms with E-state index < -0.39 is 29.4 Å². The molecule has 0 atom stereocenters. The number of rotatable bonds is 14. The molecule has 0 radical (unpaired) electrons. The highest BCUT2D eigenvalue weighted by atomic mass is 32.1. The van der Waals surface area contributed by atoms with Crippen LogP contribution in [-0.4, -0.2) is 73.5 Å². The molecule has 0 aliphatic heterocycles. The van der Waals surface area contributed by atoms with Crippen molar-refractivity contribution in [3.05, 3.63) is 110 Å². The molecule has 3 N–H and O–H groups in total. The SMILES string of the molecule is CCNC(=O)Nc1ccc(-c2sc3c(c2CN(C)CCOC)c(=O)n(-c2ccc(OCC(=O)NC)cc2)c(=O)n3Cc2c(F)cccc2F)cc1. The molecule has 0 fully saturated rings. The lowest BCUT2D eigenvalue weighted by Gasteiger charge is -2.18. The van der Waals surface area contributed by atoms with E-state index in [0.717, 1.165) is 28.0 Å². The van der Waals surface area contributed by atoms with Crippen LogP contribution in [0.3, 0.4) is 0 Å². The van der Waals surface area contributed by atoms with Gasteiger partial charge in [0.25, 0.3) is 11.5 Å². The summed E-state index contributed by atoms with van der Waals surface area (Å²) in [6, 6.07) is 16.2. The summed E-state index contributed by atoms with van der Waals surface area (Å²) >= 11 is 1.16. The summed E-state index contributed by atoms with van der Waals surface area (Å²) in [6.45, 7) is 2.75. The minimum absolute atomic E-state index is 0.189. The van der Waals surface area contributed by atoms with Crippen LogP contribution in [0.1, 0.15) is 18.1 Å². The summed E-state index contributed by atoms with van der Waals surface area (Å²) < 4.78 is 43.1. The molecule has 268 valence electrons. The van der Waals surface area contributed by atoms with Crippen molar-refractivity contribution in [1.29, 1.82) is 0 Å². The van der Waals surface area contributed by atoms with Gasteiger partial charge in [-0.1, -0.05) is 18.2 Å². The van der Waals surface area contributed by atoms with Gasteiger partial charge < -0.3 is 25.4 Å². The minimum Gasteiger partial charge on any atom is -0.484 e. The average Bonchev–Trinajstić information content (AvgIpc) is 3.49. The quantitative estimate of drug-likeness (QED) is 0.153. The topological polar surface area (TPSA) is 136 Å². The van der Waals surface area contributed by atoms with Crippen LogP contribution >= 0.6 is 11.3 Å². The lowest BCUT2D eigenvalue weighted by Crippen LogP contribution is -2.39. The Bertz CT molecular complexity index is 2130. The van der Waals surface area contributed by atoms with Crippen molar-refractivity contribution in [2.24, 2.45) is 0 Å². The number of anilines is 1. The lowest BCUT2D eigenvalue weighted by atomic mass is 10.1. The van der Waals surface area contributed by atoms with Gasteiger partial charge in [0.05, 0.1) is 24.2 Å². The summed E-state index contributed by atoms with van der Waals surface area (Å²) in [4.78, 5) is 55.5. The first-order valence-electron chi connectivity index (χ1n) is 16.1. The second-order valence-corrected chi connectivity index (χ2v) is 12.5. The molecule has 0 saturated heterocycles. The molecule has 0 aliphatic carbocycles. The molecule has 0 saturated carbocycles. The molecular formula is C36H38F2N6O6S. The zero-order valence-electron chi connectivity index (χ0n) is 28.5. The maximum Gasteiger partial charge on any atom is 0.337 e. The minimum atomic E-state index is -0.836. The Balaban J connectivity index is 1.74. The van der Waals surface area contributed by atoms with Gasteiger partial charge in [-0.2, -0.15) is 0 Å². The Morgan fingerprint density at radius 3 is 2.27 bits per heavy atom. The third-order valence-electron chi connectivity index (χ3n) is 8.04. The Hall–Kier alpha value is -5.38. The lowest BCUT2D eigenvalue weighted by molar-refractivity contribution is -0.122. The number of nitrogens with zero attached hydrogens (tertiary/aromatic N) is 3. The molecule has 0 aliphatic rings. The van der Waals surface area contributed by atoms with Crippen molar-refractivity contribution in [3.63, 3.8) is 0 Å². The molecule has 2 heterocycles. The highest BCUT2D eigenvalue weighted by Crippen LogP contribution is 2.38. The largest absolute Gasteiger partial charge is 0.484 e. The summed E-state index contributed by atoms with van der Waals surface area (Å²) in [5, 5.41) is 8.11. The van der Waals surface area contributed by atoms with Gasteiger partial charge in [-0.3, -0.25) is 19.1 Å². The number of likely N-dealkylation sites (N-methyl/N-ethyl adjacent to an activating group) is 2. The number of carbonyl (C=O) groups excluding carboxylic acids is 2. The second-order valence-electron chi connectivity index (χ2n) is 11.5. The number of methoxy groups -OCH3 is 1. The summed E-state index contributed by atoms with van der Waals surface area (Å²) in [5.74, 6) is -1.68. The summed E-state index contributed by atoms with van der Waals surface area (Å²) in [6.07, 6.45) is 0. The normalized spacial score (nSPS) is 11.2.